The largest absolute Gasteiger partial charge is 0.455 e. The molecule has 0 radical (unpaired) electrons. The van der Waals surface area contributed by atoms with E-state index in [2.05, 4.69) is 0 Å². The Hall–Kier alpha value is -2.61. The van der Waals surface area contributed by atoms with E-state index in [0.717, 1.165) is 38.6 Å². The number of rotatable bonds is 1. The Morgan fingerprint density at radius 3 is 2.48 bits per heavy atom. The number of halogens is 1. The van der Waals surface area contributed by atoms with Gasteiger partial charge in [-0.25, -0.2) is 4.39 Å². The smallest absolute Gasteiger partial charge is 0.143 e. The van der Waals surface area contributed by atoms with Gasteiger partial charge in [0.2, 0.25) is 0 Å². The van der Waals surface area contributed by atoms with E-state index >= 15 is 0 Å². The van der Waals surface area contributed by atoms with E-state index in [4.69, 9.17) is 4.42 Å². The predicted octanol–water partition coefficient (Wildman–Crippen LogP) is 5.70. The number of hydrogen-bond donors (Lipinski definition) is 0. The fraction of sp³-hybridized carbons (Fsp3) is 0.0526. The van der Waals surface area contributed by atoms with Crippen molar-refractivity contribution in [2.24, 2.45) is 0 Å². The molecule has 0 atom stereocenters. The summed E-state index contributed by atoms with van der Waals surface area (Å²) in [6, 6.07) is 18.8. The van der Waals surface area contributed by atoms with E-state index in [0.29, 0.717) is 0 Å². The van der Waals surface area contributed by atoms with Crippen molar-refractivity contribution in [1.82, 2.24) is 0 Å². The molecule has 0 spiro atoms. The van der Waals surface area contributed by atoms with Gasteiger partial charge in [0.15, 0.2) is 0 Å². The highest BCUT2D eigenvalue weighted by atomic mass is 19.1. The number of furan rings is 1. The Balaban J connectivity index is 2.15. The van der Waals surface area contributed by atoms with Crippen LogP contribution >= 0.6 is 0 Å². The van der Waals surface area contributed by atoms with Crippen LogP contribution in [-0.2, 0) is 0 Å². The topological polar surface area (TPSA) is 13.1 Å². The average Bonchev–Trinajstić information content (AvgIpc) is 2.85. The van der Waals surface area contributed by atoms with Gasteiger partial charge in [-0.1, -0.05) is 42.0 Å². The zero-order chi connectivity index (χ0) is 14.4. The minimum absolute atomic E-state index is 0.245. The monoisotopic (exact) mass is 276 g/mol. The Kier molecular flexibility index (Phi) is 2.58. The number of fused-ring (bicyclic) bond motifs is 3. The molecule has 0 N–H and O–H groups in total. The van der Waals surface area contributed by atoms with Crippen LogP contribution < -0.4 is 0 Å². The molecule has 0 saturated carbocycles. The molecule has 0 fully saturated rings. The van der Waals surface area contributed by atoms with E-state index < -0.39 is 0 Å². The van der Waals surface area contributed by atoms with Crippen LogP contribution in [0.25, 0.3) is 33.1 Å². The molecule has 0 saturated heterocycles. The fourth-order valence-corrected chi connectivity index (χ4v) is 2.79. The predicted molar refractivity (Wildman–Crippen MR) is 83.9 cm³/mol. The second-order valence-electron chi connectivity index (χ2n) is 5.30. The quantitative estimate of drug-likeness (QED) is 0.434. The first-order valence-electron chi connectivity index (χ1n) is 6.90. The van der Waals surface area contributed by atoms with Crippen LogP contribution in [0.4, 0.5) is 4.39 Å². The Morgan fingerprint density at radius 2 is 1.67 bits per heavy atom. The van der Waals surface area contributed by atoms with Crippen molar-refractivity contribution in [2.45, 2.75) is 6.92 Å². The highest BCUT2D eigenvalue weighted by molar-refractivity contribution is 6.09. The van der Waals surface area contributed by atoms with Gasteiger partial charge in [0, 0.05) is 16.3 Å². The lowest BCUT2D eigenvalue weighted by Crippen LogP contribution is -1.81. The highest BCUT2D eigenvalue weighted by Gasteiger charge is 2.14. The summed E-state index contributed by atoms with van der Waals surface area (Å²) >= 11 is 0. The molecule has 3 aromatic carbocycles. The third-order valence-corrected chi connectivity index (χ3v) is 3.78. The lowest BCUT2D eigenvalue weighted by molar-refractivity contribution is 0.627. The van der Waals surface area contributed by atoms with Crippen LogP contribution in [0.5, 0.6) is 0 Å². The number of hydrogen-bond acceptors (Lipinski definition) is 1. The average molecular weight is 276 g/mol. The van der Waals surface area contributed by atoms with Gasteiger partial charge in [-0.05, 0) is 36.8 Å². The summed E-state index contributed by atoms with van der Waals surface area (Å²) < 4.78 is 20.0. The van der Waals surface area contributed by atoms with Gasteiger partial charge in [-0.3, -0.25) is 0 Å². The van der Waals surface area contributed by atoms with Crippen molar-refractivity contribution < 1.29 is 8.81 Å². The van der Waals surface area contributed by atoms with Crippen molar-refractivity contribution in [3.63, 3.8) is 0 Å². The summed E-state index contributed by atoms with van der Waals surface area (Å²) in [5.41, 5.74) is 4.41. The molecule has 1 aromatic heterocycles. The summed E-state index contributed by atoms with van der Waals surface area (Å²) in [4.78, 5) is 0. The lowest BCUT2D eigenvalue weighted by Gasteiger charge is -2.03. The third kappa shape index (κ3) is 1.91. The molecule has 0 aliphatic rings. The van der Waals surface area contributed by atoms with E-state index in [1.165, 1.54) is 6.07 Å². The van der Waals surface area contributed by atoms with Crippen LogP contribution in [0.2, 0.25) is 0 Å². The van der Waals surface area contributed by atoms with E-state index in [1.54, 1.807) is 6.07 Å². The standard InChI is InChI=1S/C19H13FO/c1-12-7-8-18-16(9-12)17-11-14(20)10-15(19(17)21-18)13-5-3-2-4-6-13/h2-11H,1H3. The number of benzene rings is 3. The molecule has 4 rings (SSSR count). The van der Waals surface area contributed by atoms with Gasteiger partial charge in [0.1, 0.15) is 17.0 Å². The normalized spacial score (nSPS) is 11.3. The molecule has 0 amide bonds. The van der Waals surface area contributed by atoms with Crippen LogP contribution in [0.15, 0.2) is 65.1 Å². The second-order valence-corrected chi connectivity index (χ2v) is 5.30. The van der Waals surface area contributed by atoms with E-state index in [9.17, 15) is 4.39 Å². The van der Waals surface area contributed by atoms with Crippen LogP contribution in [0.3, 0.4) is 0 Å². The van der Waals surface area contributed by atoms with E-state index in [-0.39, 0.29) is 5.82 Å². The minimum Gasteiger partial charge on any atom is -0.455 e. The first-order chi connectivity index (χ1) is 10.2. The maximum absolute atomic E-state index is 14.0. The first-order valence-corrected chi connectivity index (χ1v) is 6.90. The molecular weight excluding hydrogens is 263 g/mol. The van der Waals surface area contributed by atoms with E-state index in [1.807, 2.05) is 55.5 Å². The fourth-order valence-electron chi connectivity index (χ4n) is 2.79. The molecule has 0 unspecified atom stereocenters. The zero-order valence-corrected chi connectivity index (χ0v) is 11.6. The van der Waals surface area contributed by atoms with Crippen molar-refractivity contribution >= 4 is 21.9 Å². The third-order valence-electron chi connectivity index (χ3n) is 3.78. The molecule has 0 aliphatic carbocycles. The molecule has 2 heteroatoms. The van der Waals surface area contributed by atoms with Crippen molar-refractivity contribution in [3.05, 3.63) is 72.0 Å². The van der Waals surface area contributed by atoms with Crippen molar-refractivity contribution in [3.8, 4) is 11.1 Å². The lowest BCUT2D eigenvalue weighted by atomic mass is 10.0. The maximum Gasteiger partial charge on any atom is 0.143 e. The van der Waals surface area contributed by atoms with Gasteiger partial charge in [-0.15, -0.1) is 0 Å². The SMILES string of the molecule is Cc1ccc2oc3c(-c4ccccc4)cc(F)cc3c2c1. The molecule has 1 nitrogen and oxygen atoms in total. The maximum atomic E-state index is 14.0. The van der Waals surface area contributed by atoms with Gasteiger partial charge < -0.3 is 4.42 Å². The summed E-state index contributed by atoms with van der Waals surface area (Å²) in [5.74, 6) is -0.245. The summed E-state index contributed by atoms with van der Waals surface area (Å²) in [6.07, 6.45) is 0. The van der Waals surface area contributed by atoms with Crippen molar-refractivity contribution in [2.75, 3.05) is 0 Å². The van der Waals surface area contributed by atoms with Crippen molar-refractivity contribution in [1.29, 1.82) is 0 Å². The molecule has 4 aromatic rings. The van der Waals surface area contributed by atoms with Crippen LogP contribution in [0.1, 0.15) is 5.56 Å². The van der Waals surface area contributed by atoms with Crippen LogP contribution in [0, 0.1) is 12.7 Å². The summed E-state index contributed by atoms with van der Waals surface area (Å²) in [7, 11) is 0. The highest BCUT2D eigenvalue weighted by Crippen LogP contribution is 2.36. The van der Waals surface area contributed by atoms with Gasteiger partial charge in [-0.2, -0.15) is 0 Å². The Bertz CT molecular complexity index is 952. The van der Waals surface area contributed by atoms with Gasteiger partial charge in [0.05, 0.1) is 0 Å². The minimum atomic E-state index is -0.245. The first kappa shape index (κ1) is 12.2. The van der Waals surface area contributed by atoms with Gasteiger partial charge in [0.25, 0.3) is 0 Å². The molecule has 0 bridgehead atoms. The molecular formula is C19H13FO. The van der Waals surface area contributed by atoms with Crippen LogP contribution in [-0.4, -0.2) is 0 Å². The summed E-state index contributed by atoms with van der Waals surface area (Å²) in [6.45, 7) is 2.02. The number of aryl methyl sites for hydroxylation is 1. The zero-order valence-electron chi connectivity index (χ0n) is 11.6. The van der Waals surface area contributed by atoms with Gasteiger partial charge >= 0.3 is 0 Å². The summed E-state index contributed by atoms with van der Waals surface area (Å²) in [5, 5.41) is 1.79. The molecule has 0 aliphatic heterocycles. The Labute approximate surface area is 121 Å². The second kappa shape index (κ2) is 4.45. The Morgan fingerprint density at radius 1 is 0.857 bits per heavy atom. The molecule has 102 valence electrons. The molecule has 21 heavy (non-hydrogen) atoms. The molecule has 1 heterocycles.